The molecule has 0 unspecified atom stereocenters. The van der Waals surface area contributed by atoms with E-state index in [1.807, 2.05) is 44.2 Å². The molecule has 194 valence electrons. The molecular formula is C27H27F3N4O3. The molecule has 2 aromatic heterocycles. The minimum atomic E-state index is -4.31. The minimum absolute atomic E-state index is 0.387. The van der Waals surface area contributed by atoms with Gasteiger partial charge < -0.3 is 18.7 Å². The van der Waals surface area contributed by atoms with Crippen LogP contribution in [-0.4, -0.2) is 41.4 Å². The molecule has 2 aromatic carbocycles. The van der Waals surface area contributed by atoms with E-state index in [9.17, 15) is 13.2 Å². The second kappa shape index (κ2) is 10.3. The summed E-state index contributed by atoms with van der Waals surface area (Å²) >= 11 is 0. The number of benzene rings is 2. The van der Waals surface area contributed by atoms with Gasteiger partial charge in [-0.25, -0.2) is 0 Å². The Kier molecular flexibility index (Phi) is 6.92. The molecule has 0 amide bonds. The Hall–Kier alpha value is -3.79. The summed E-state index contributed by atoms with van der Waals surface area (Å²) in [5.41, 5.74) is 2.91. The molecule has 0 bridgehead atoms. The maximum absolute atomic E-state index is 12.8. The summed E-state index contributed by atoms with van der Waals surface area (Å²) in [6.45, 7) is 7.81. The van der Waals surface area contributed by atoms with Crippen LogP contribution < -0.4 is 9.64 Å². The standard InChI is InChI=1S/C27H27F3N4O3/c1-18-24(19(2)36-31-18)17-35-23-9-5-21(6-10-23)25-15-26(32-37-25)34-13-11-33(12-14-34)16-20-3-7-22(8-4-20)27(28,29)30/h3-10,15H,11-14,16-17H2,1-2H3. The van der Waals surface area contributed by atoms with E-state index in [1.54, 1.807) is 12.1 Å². The van der Waals surface area contributed by atoms with Crippen LogP contribution in [0.3, 0.4) is 0 Å². The van der Waals surface area contributed by atoms with Crippen molar-refractivity contribution in [1.82, 2.24) is 15.2 Å². The van der Waals surface area contributed by atoms with Crippen LogP contribution in [0, 0.1) is 13.8 Å². The predicted octanol–water partition coefficient (Wildman–Crippen LogP) is 5.87. The van der Waals surface area contributed by atoms with Crippen LogP contribution in [0.25, 0.3) is 11.3 Å². The van der Waals surface area contributed by atoms with Gasteiger partial charge in [0.2, 0.25) is 0 Å². The van der Waals surface area contributed by atoms with Crippen molar-refractivity contribution in [2.24, 2.45) is 0 Å². The minimum Gasteiger partial charge on any atom is -0.489 e. The SMILES string of the molecule is Cc1noc(C)c1COc1ccc(-c2cc(N3CCN(Cc4ccc(C(F)(F)F)cc4)CC3)no2)cc1. The molecular weight excluding hydrogens is 485 g/mol. The summed E-state index contributed by atoms with van der Waals surface area (Å²) in [4.78, 5) is 4.37. The van der Waals surface area contributed by atoms with Crippen LogP contribution in [0.15, 0.2) is 63.6 Å². The molecule has 5 rings (SSSR count). The van der Waals surface area contributed by atoms with E-state index in [0.717, 1.165) is 78.0 Å². The summed E-state index contributed by atoms with van der Waals surface area (Å²) < 4.78 is 55.0. The fourth-order valence-corrected chi connectivity index (χ4v) is 4.32. The third kappa shape index (κ3) is 5.80. The van der Waals surface area contributed by atoms with Crippen molar-refractivity contribution in [3.05, 3.63) is 82.7 Å². The van der Waals surface area contributed by atoms with E-state index >= 15 is 0 Å². The molecule has 1 saturated heterocycles. The number of hydrogen-bond donors (Lipinski definition) is 0. The molecule has 4 aromatic rings. The quantitative estimate of drug-likeness (QED) is 0.307. The van der Waals surface area contributed by atoms with Crippen molar-refractivity contribution in [3.8, 4) is 17.1 Å². The average Bonchev–Trinajstić information content (AvgIpc) is 3.50. The lowest BCUT2D eigenvalue weighted by Crippen LogP contribution is -2.46. The van der Waals surface area contributed by atoms with E-state index < -0.39 is 11.7 Å². The summed E-state index contributed by atoms with van der Waals surface area (Å²) in [6, 6.07) is 14.9. The van der Waals surface area contributed by atoms with Gasteiger partial charge in [0.25, 0.3) is 0 Å². The van der Waals surface area contributed by atoms with Crippen molar-refractivity contribution < 1.29 is 27.0 Å². The predicted molar refractivity (Wildman–Crippen MR) is 131 cm³/mol. The second-order valence-electron chi connectivity index (χ2n) is 9.12. The van der Waals surface area contributed by atoms with Gasteiger partial charge >= 0.3 is 6.18 Å². The van der Waals surface area contributed by atoms with E-state index in [0.29, 0.717) is 18.9 Å². The zero-order valence-corrected chi connectivity index (χ0v) is 20.6. The molecule has 0 spiro atoms. The number of hydrogen-bond acceptors (Lipinski definition) is 7. The fraction of sp³-hybridized carbons (Fsp3) is 0.333. The monoisotopic (exact) mass is 512 g/mol. The molecule has 1 aliphatic heterocycles. The van der Waals surface area contributed by atoms with E-state index in [-0.39, 0.29) is 0 Å². The zero-order chi connectivity index (χ0) is 26.0. The number of rotatable bonds is 7. The first-order valence-corrected chi connectivity index (χ1v) is 12.0. The Labute approximate surface area is 212 Å². The lowest BCUT2D eigenvalue weighted by Gasteiger charge is -2.34. The van der Waals surface area contributed by atoms with Crippen LogP contribution in [0.2, 0.25) is 0 Å². The first-order valence-electron chi connectivity index (χ1n) is 12.0. The molecule has 0 N–H and O–H groups in total. The summed E-state index contributed by atoms with van der Waals surface area (Å²) in [7, 11) is 0. The maximum atomic E-state index is 12.8. The number of alkyl halides is 3. The number of ether oxygens (including phenoxy) is 1. The van der Waals surface area contributed by atoms with Gasteiger partial charge in [0, 0.05) is 44.4 Å². The van der Waals surface area contributed by atoms with Gasteiger partial charge in [-0.05, 0) is 55.8 Å². The van der Waals surface area contributed by atoms with Gasteiger partial charge in [-0.2, -0.15) is 13.2 Å². The lowest BCUT2D eigenvalue weighted by molar-refractivity contribution is -0.137. The number of aryl methyl sites for hydroxylation is 2. The molecule has 1 fully saturated rings. The van der Waals surface area contributed by atoms with Crippen molar-refractivity contribution >= 4 is 5.82 Å². The summed E-state index contributed by atoms with van der Waals surface area (Å²) in [5.74, 6) is 2.92. The summed E-state index contributed by atoms with van der Waals surface area (Å²) in [6.07, 6.45) is -4.31. The van der Waals surface area contributed by atoms with Gasteiger partial charge in [-0.1, -0.05) is 22.4 Å². The van der Waals surface area contributed by atoms with Crippen molar-refractivity contribution in [2.75, 3.05) is 31.1 Å². The molecule has 37 heavy (non-hydrogen) atoms. The zero-order valence-electron chi connectivity index (χ0n) is 20.6. The van der Waals surface area contributed by atoms with Crippen LogP contribution in [0.4, 0.5) is 19.0 Å². The van der Waals surface area contributed by atoms with Crippen LogP contribution in [0.5, 0.6) is 5.75 Å². The van der Waals surface area contributed by atoms with Crippen molar-refractivity contribution in [1.29, 1.82) is 0 Å². The van der Waals surface area contributed by atoms with Crippen LogP contribution in [0.1, 0.15) is 28.1 Å². The fourth-order valence-electron chi connectivity index (χ4n) is 4.32. The topological polar surface area (TPSA) is 67.8 Å². The van der Waals surface area contributed by atoms with Crippen molar-refractivity contribution in [3.63, 3.8) is 0 Å². The number of aromatic nitrogens is 2. The molecule has 0 saturated carbocycles. The third-order valence-corrected chi connectivity index (χ3v) is 6.58. The van der Waals surface area contributed by atoms with Gasteiger partial charge in [0.1, 0.15) is 18.1 Å². The maximum Gasteiger partial charge on any atom is 0.416 e. The number of halogens is 3. The molecule has 3 heterocycles. The summed E-state index contributed by atoms with van der Waals surface area (Å²) in [5, 5.41) is 8.19. The first kappa shape index (κ1) is 24.9. The number of piperazine rings is 1. The van der Waals surface area contributed by atoms with Gasteiger partial charge in [0.15, 0.2) is 11.6 Å². The lowest BCUT2D eigenvalue weighted by atomic mass is 10.1. The normalized spacial score (nSPS) is 14.8. The second-order valence-corrected chi connectivity index (χ2v) is 9.12. The van der Waals surface area contributed by atoms with Gasteiger partial charge in [0.05, 0.1) is 16.8 Å². The Morgan fingerprint density at radius 3 is 2.22 bits per heavy atom. The number of nitrogens with zero attached hydrogens (tertiary/aromatic N) is 4. The average molecular weight is 513 g/mol. The van der Waals surface area contributed by atoms with E-state index in [2.05, 4.69) is 20.1 Å². The molecule has 7 nitrogen and oxygen atoms in total. The Bertz CT molecular complexity index is 1300. The smallest absolute Gasteiger partial charge is 0.416 e. The Balaban J connectivity index is 1.13. The van der Waals surface area contributed by atoms with Gasteiger partial charge in [-0.15, -0.1) is 0 Å². The Morgan fingerprint density at radius 1 is 0.892 bits per heavy atom. The van der Waals surface area contributed by atoms with E-state index in [1.165, 1.54) is 0 Å². The molecule has 0 atom stereocenters. The molecule has 1 aliphatic rings. The third-order valence-electron chi connectivity index (χ3n) is 6.58. The number of anilines is 1. The van der Waals surface area contributed by atoms with E-state index in [4.69, 9.17) is 13.8 Å². The highest BCUT2D eigenvalue weighted by Crippen LogP contribution is 2.30. The largest absolute Gasteiger partial charge is 0.489 e. The van der Waals surface area contributed by atoms with Crippen molar-refractivity contribution in [2.45, 2.75) is 33.2 Å². The Morgan fingerprint density at radius 2 is 1.59 bits per heavy atom. The highest BCUT2D eigenvalue weighted by molar-refractivity contribution is 5.62. The first-order chi connectivity index (χ1) is 17.8. The van der Waals surface area contributed by atoms with Crippen LogP contribution in [-0.2, 0) is 19.3 Å². The molecule has 0 radical (unpaired) electrons. The molecule has 10 heteroatoms. The van der Waals surface area contributed by atoms with Crippen LogP contribution >= 0.6 is 0 Å². The highest BCUT2D eigenvalue weighted by Gasteiger charge is 2.30. The molecule has 0 aliphatic carbocycles. The highest BCUT2D eigenvalue weighted by atomic mass is 19.4. The van der Waals surface area contributed by atoms with Gasteiger partial charge in [-0.3, -0.25) is 4.90 Å².